The van der Waals surface area contributed by atoms with Crippen molar-refractivity contribution in [2.75, 3.05) is 0 Å². The molecule has 0 radical (unpaired) electrons. The maximum Gasteiger partial charge on any atom is 0.164 e. The lowest BCUT2D eigenvalue weighted by Crippen LogP contribution is -2.26. The number of aromatic nitrogens is 3. The summed E-state index contributed by atoms with van der Waals surface area (Å²) in [5.41, 5.74) is 21.8. The summed E-state index contributed by atoms with van der Waals surface area (Å²) in [5, 5.41) is 5.88. The Balaban J connectivity index is 0.846. The zero-order valence-electron chi connectivity index (χ0n) is 40.6. The average molecular weight is 970 g/mol. The summed E-state index contributed by atoms with van der Waals surface area (Å²) < 4.78 is 19.3. The minimum Gasteiger partial charge on any atom is -0.456 e. The molecule has 2 aliphatic carbocycles. The van der Waals surface area contributed by atoms with Crippen LogP contribution in [0.2, 0.25) is 0 Å². The molecule has 76 heavy (non-hydrogen) atoms. The fourth-order valence-electron chi connectivity index (χ4n) is 13.0. The average Bonchev–Trinajstić information content (AvgIpc) is 4.49. The second-order valence-electron chi connectivity index (χ2n) is 20.1. The van der Waals surface area contributed by atoms with Gasteiger partial charge in [-0.05, 0) is 127 Å². The molecule has 0 N–H and O–H groups in total. The molecule has 11 aromatic carbocycles. The standard InChI is InChI=1S/C70H39N3O3/c1-6-26-55-45(17-1)46-18-2-7-27-56(46)70(55)57-28-8-3-19-47(57)49-23-12-22-44(66(49)70)42-16-11-15-40(37-42)41-33-35-61-54(38-41)65-52(25-14-32-63(65)76-61)69-72-67(43-34-36-60-53(39-43)48-20-4-9-29-58(48)74-60)71-68(73-69)51-24-13-31-62-64(51)50-21-5-10-30-59(50)75-62/h1-39H. The van der Waals surface area contributed by atoms with Gasteiger partial charge in [-0.15, -0.1) is 0 Å². The summed E-state index contributed by atoms with van der Waals surface area (Å²) >= 11 is 0. The van der Waals surface area contributed by atoms with Gasteiger partial charge in [0.15, 0.2) is 17.5 Å². The highest BCUT2D eigenvalue weighted by Gasteiger charge is 2.52. The molecule has 0 bridgehead atoms. The van der Waals surface area contributed by atoms with E-state index in [9.17, 15) is 0 Å². The number of benzene rings is 11. The predicted octanol–water partition coefficient (Wildman–Crippen LogP) is 18.2. The Labute approximate surface area is 434 Å². The monoisotopic (exact) mass is 969 g/mol. The van der Waals surface area contributed by atoms with Crippen LogP contribution in [0.1, 0.15) is 22.3 Å². The largest absolute Gasteiger partial charge is 0.456 e. The first kappa shape index (κ1) is 41.3. The molecule has 0 unspecified atom stereocenters. The van der Waals surface area contributed by atoms with Crippen molar-refractivity contribution >= 4 is 65.8 Å². The highest BCUT2D eigenvalue weighted by atomic mass is 16.3. The molecule has 0 amide bonds. The molecule has 6 heteroatoms. The number of furan rings is 3. The molecule has 2 aliphatic rings. The summed E-state index contributed by atoms with van der Waals surface area (Å²) in [7, 11) is 0. The van der Waals surface area contributed by atoms with Crippen molar-refractivity contribution in [3.63, 3.8) is 0 Å². The molecule has 4 aromatic heterocycles. The zero-order valence-corrected chi connectivity index (χ0v) is 40.6. The van der Waals surface area contributed by atoms with Crippen LogP contribution in [-0.2, 0) is 5.41 Å². The van der Waals surface area contributed by atoms with Gasteiger partial charge < -0.3 is 13.3 Å². The van der Waals surface area contributed by atoms with Crippen molar-refractivity contribution in [1.29, 1.82) is 0 Å². The molecule has 0 aliphatic heterocycles. The first-order chi connectivity index (χ1) is 37.7. The smallest absolute Gasteiger partial charge is 0.164 e. The van der Waals surface area contributed by atoms with E-state index in [4.69, 9.17) is 28.2 Å². The maximum absolute atomic E-state index is 6.70. The Hall–Kier alpha value is -10.2. The van der Waals surface area contributed by atoms with Crippen LogP contribution >= 0.6 is 0 Å². The molecule has 0 saturated carbocycles. The summed E-state index contributed by atoms with van der Waals surface area (Å²) in [5.74, 6) is 1.62. The van der Waals surface area contributed by atoms with E-state index in [1.165, 1.54) is 50.1 Å². The number of hydrogen-bond donors (Lipinski definition) is 0. The Morgan fingerprint density at radius 2 is 0.671 bits per heavy atom. The Morgan fingerprint density at radius 1 is 0.250 bits per heavy atom. The third-order valence-electron chi connectivity index (χ3n) is 16.2. The van der Waals surface area contributed by atoms with E-state index < -0.39 is 5.41 Å². The van der Waals surface area contributed by atoms with Crippen molar-refractivity contribution < 1.29 is 13.3 Å². The Kier molecular flexibility index (Phi) is 8.39. The first-order valence-corrected chi connectivity index (χ1v) is 25.7. The van der Waals surface area contributed by atoms with Crippen molar-refractivity contribution in [1.82, 2.24) is 15.0 Å². The first-order valence-electron chi connectivity index (χ1n) is 25.7. The third-order valence-corrected chi connectivity index (χ3v) is 16.2. The van der Waals surface area contributed by atoms with Gasteiger partial charge >= 0.3 is 0 Å². The minimum atomic E-state index is -0.468. The molecular weight excluding hydrogens is 931 g/mol. The van der Waals surface area contributed by atoms with Gasteiger partial charge in [0.2, 0.25) is 0 Å². The van der Waals surface area contributed by atoms with E-state index in [2.05, 4.69) is 164 Å². The van der Waals surface area contributed by atoms with Gasteiger partial charge in [-0.25, -0.2) is 15.0 Å². The van der Waals surface area contributed by atoms with Gasteiger partial charge in [-0.1, -0.05) is 176 Å². The lowest BCUT2D eigenvalue weighted by molar-refractivity contribution is 0.668. The minimum absolute atomic E-state index is 0.468. The number of para-hydroxylation sites is 2. The molecule has 17 rings (SSSR count). The number of rotatable bonds is 5. The van der Waals surface area contributed by atoms with Crippen LogP contribution in [0.15, 0.2) is 250 Å². The van der Waals surface area contributed by atoms with Crippen LogP contribution < -0.4 is 0 Å². The number of fused-ring (bicyclic) bond motifs is 19. The molecule has 4 heterocycles. The lowest BCUT2D eigenvalue weighted by atomic mass is 9.68. The molecular formula is C70H39N3O3. The van der Waals surface area contributed by atoms with Gasteiger partial charge in [-0.2, -0.15) is 0 Å². The second kappa shape index (κ2) is 15.4. The van der Waals surface area contributed by atoms with Gasteiger partial charge in [0, 0.05) is 49.0 Å². The molecule has 0 saturated heterocycles. The van der Waals surface area contributed by atoms with Crippen LogP contribution in [-0.4, -0.2) is 15.0 Å². The second-order valence-corrected chi connectivity index (χ2v) is 20.1. The SMILES string of the molecule is c1cc(-c2ccc3oc4cccc(-c5nc(-c6ccc7oc8ccccc8c7c6)nc(-c6cccc7oc8ccccc8c67)n5)c4c3c2)cc(-c2cccc3c2C2(c4ccccc4-c4ccccc42)c2ccccc2-3)c1. The highest BCUT2D eigenvalue weighted by Crippen LogP contribution is 2.64. The quantitative estimate of drug-likeness (QED) is 0.171. The van der Waals surface area contributed by atoms with Crippen LogP contribution in [0.5, 0.6) is 0 Å². The van der Waals surface area contributed by atoms with Crippen molar-refractivity contribution in [2.24, 2.45) is 0 Å². The van der Waals surface area contributed by atoms with Crippen molar-refractivity contribution in [3.8, 4) is 78.7 Å². The van der Waals surface area contributed by atoms with E-state index >= 15 is 0 Å². The maximum atomic E-state index is 6.70. The molecule has 6 nitrogen and oxygen atoms in total. The van der Waals surface area contributed by atoms with Crippen LogP contribution in [0.4, 0.5) is 0 Å². The highest BCUT2D eigenvalue weighted by molar-refractivity contribution is 6.14. The summed E-state index contributed by atoms with van der Waals surface area (Å²) in [6.45, 7) is 0. The summed E-state index contributed by atoms with van der Waals surface area (Å²) in [4.78, 5) is 16.0. The van der Waals surface area contributed by atoms with Gasteiger partial charge in [0.1, 0.15) is 33.5 Å². The van der Waals surface area contributed by atoms with Gasteiger partial charge in [0.25, 0.3) is 0 Å². The van der Waals surface area contributed by atoms with Crippen LogP contribution in [0, 0.1) is 0 Å². The predicted molar refractivity (Wildman–Crippen MR) is 305 cm³/mol. The van der Waals surface area contributed by atoms with E-state index in [-0.39, 0.29) is 0 Å². The number of nitrogens with zero attached hydrogens (tertiary/aromatic N) is 3. The molecule has 1 spiro atoms. The van der Waals surface area contributed by atoms with Crippen LogP contribution in [0.3, 0.4) is 0 Å². The van der Waals surface area contributed by atoms with Gasteiger partial charge in [0.05, 0.1) is 5.41 Å². The zero-order chi connectivity index (χ0) is 49.6. The van der Waals surface area contributed by atoms with Gasteiger partial charge in [-0.3, -0.25) is 0 Å². The molecule has 352 valence electrons. The third kappa shape index (κ3) is 5.67. The normalized spacial score (nSPS) is 13.1. The summed E-state index contributed by atoms with van der Waals surface area (Å²) in [6.07, 6.45) is 0. The molecule has 0 atom stereocenters. The number of hydrogen-bond acceptors (Lipinski definition) is 6. The van der Waals surface area contributed by atoms with Crippen LogP contribution in [0.25, 0.3) is 144 Å². The Bertz CT molecular complexity index is 4910. The fraction of sp³-hybridized carbons (Fsp3) is 0.0143. The Morgan fingerprint density at radius 3 is 1.37 bits per heavy atom. The van der Waals surface area contributed by atoms with E-state index in [0.29, 0.717) is 17.5 Å². The van der Waals surface area contributed by atoms with Crippen molar-refractivity contribution in [2.45, 2.75) is 5.41 Å². The lowest BCUT2D eigenvalue weighted by Gasteiger charge is -2.32. The summed E-state index contributed by atoms with van der Waals surface area (Å²) in [6, 6.07) is 84.0. The molecule has 0 fully saturated rings. The fourth-order valence-corrected chi connectivity index (χ4v) is 13.0. The molecule has 15 aromatic rings. The topological polar surface area (TPSA) is 78.1 Å². The van der Waals surface area contributed by atoms with E-state index in [0.717, 1.165) is 99.2 Å². The van der Waals surface area contributed by atoms with E-state index in [1.54, 1.807) is 0 Å². The van der Waals surface area contributed by atoms with Crippen molar-refractivity contribution in [3.05, 3.63) is 259 Å². The van der Waals surface area contributed by atoms with E-state index in [1.807, 2.05) is 72.8 Å².